The minimum atomic E-state index is -4.26. The molecule has 0 aromatic heterocycles. The van der Waals surface area contributed by atoms with Crippen LogP contribution in [0.2, 0.25) is 0 Å². The van der Waals surface area contributed by atoms with Crippen LogP contribution in [0.4, 0.5) is 13.2 Å². The molecule has 2 atom stereocenters. The summed E-state index contributed by atoms with van der Waals surface area (Å²) >= 11 is 0. The van der Waals surface area contributed by atoms with Gasteiger partial charge in [-0.2, -0.15) is 13.2 Å². The molecule has 0 saturated heterocycles. The van der Waals surface area contributed by atoms with Crippen molar-refractivity contribution in [3.8, 4) is 0 Å². The molecule has 0 bridgehead atoms. The van der Waals surface area contributed by atoms with Crippen LogP contribution in [-0.4, -0.2) is 6.61 Å². The lowest BCUT2D eigenvalue weighted by Gasteiger charge is -2.30. The Labute approximate surface area is 142 Å². The molecule has 134 valence electrons. The summed E-state index contributed by atoms with van der Waals surface area (Å²) in [7, 11) is 0. The molecule has 1 aromatic carbocycles. The molecule has 4 heteroatoms. The third kappa shape index (κ3) is 5.29. The third-order valence-corrected chi connectivity index (χ3v) is 4.74. The average Bonchev–Trinajstić information content (AvgIpc) is 2.55. The summed E-state index contributed by atoms with van der Waals surface area (Å²) in [6.07, 6.45) is 4.18. The minimum absolute atomic E-state index is 0.357. The largest absolute Gasteiger partial charge is 0.499 e. The molecule has 0 aliphatic heterocycles. The number of ether oxygens (including phenoxy) is 1. The fraction of sp³-hybridized carbons (Fsp3) is 0.600. The predicted molar refractivity (Wildman–Crippen MR) is 90.8 cm³/mol. The zero-order valence-corrected chi connectivity index (χ0v) is 14.5. The number of halogens is 3. The standard InChI is InChI=1S/C20H27F3O/c1-3-6-19(24-4-2)14-15-7-5-8-17(13-15)16-9-11-18(12-10-16)20(21,22)23/h6,9-12,15,17H,3-5,7-8,13-14H2,1-2H3/b19-6+. The fourth-order valence-electron chi connectivity index (χ4n) is 3.62. The van der Waals surface area contributed by atoms with Crippen LogP contribution in [0.3, 0.4) is 0 Å². The number of allylic oxidation sites excluding steroid dienone is 2. The van der Waals surface area contributed by atoms with Crippen molar-refractivity contribution in [1.29, 1.82) is 0 Å². The van der Waals surface area contributed by atoms with Gasteiger partial charge in [-0.25, -0.2) is 0 Å². The van der Waals surface area contributed by atoms with E-state index in [1.807, 2.05) is 6.92 Å². The van der Waals surface area contributed by atoms with E-state index in [0.717, 1.165) is 43.4 Å². The zero-order valence-electron chi connectivity index (χ0n) is 14.5. The Bertz CT molecular complexity index is 531. The van der Waals surface area contributed by atoms with Crippen molar-refractivity contribution < 1.29 is 17.9 Å². The van der Waals surface area contributed by atoms with E-state index in [4.69, 9.17) is 4.74 Å². The van der Waals surface area contributed by atoms with Crippen molar-refractivity contribution in [2.45, 2.75) is 64.5 Å². The Kier molecular flexibility index (Phi) is 6.76. The first-order valence-electron chi connectivity index (χ1n) is 8.93. The molecule has 1 aromatic rings. The van der Waals surface area contributed by atoms with E-state index >= 15 is 0 Å². The van der Waals surface area contributed by atoms with E-state index in [0.29, 0.717) is 18.4 Å². The second kappa shape index (κ2) is 8.59. The highest BCUT2D eigenvalue weighted by atomic mass is 19.4. The van der Waals surface area contributed by atoms with Crippen molar-refractivity contribution >= 4 is 0 Å². The van der Waals surface area contributed by atoms with Crippen molar-refractivity contribution in [3.63, 3.8) is 0 Å². The van der Waals surface area contributed by atoms with Gasteiger partial charge in [-0.3, -0.25) is 0 Å². The summed E-state index contributed by atoms with van der Waals surface area (Å²) in [5.41, 5.74) is 0.466. The second-order valence-electron chi connectivity index (χ2n) is 6.57. The smallest absolute Gasteiger partial charge is 0.416 e. The van der Waals surface area contributed by atoms with Crippen LogP contribution in [0.1, 0.15) is 69.4 Å². The first-order chi connectivity index (χ1) is 11.4. The molecular formula is C20H27F3O. The lowest BCUT2D eigenvalue weighted by molar-refractivity contribution is -0.137. The number of hydrogen-bond donors (Lipinski definition) is 0. The van der Waals surface area contributed by atoms with E-state index in [1.54, 1.807) is 12.1 Å². The molecule has 2 rings (SSSR count). The molecule has 0 amide bonds. The number of benzene rings is 1. The average molecular weight is 340 g/mol. The van der Waals surface area contributed by atoms with Gasteiger partial charge in [0.05, 0.1) is 17.9 Å². The Balaban J connectivity index is 2.01. The minimum Gasteiger partial charge on any atom is -0.499 e. The molecule has 1 fully saturated rings. The van der Waals surface area contributed by atoms with Gasteiger partial charge in [0.15, 0.2) is 0 Å². The summed E-state index contributed by atoms with van der Waals surface area (Å²) in [6, 6.07) is 5.73. The van der Waals surface area contributed by atoms with Crippen LogP contribution < -0.4 is 0 Å². The van der Waals surface area contributed by atoms with E-state index in [9.17, 15) is 13.2 Å². The molecule has 24 heavy (non-hydrogen) atoms. The lowest BCUT2D eigenvalue weighted by atomic mass is 9.76. The molecular weight excluding hydrogens is 313 g/mol. The monoisotopic (exact) mass is 340 g/mol. The van der Waals surface area contributed by atoms with Gasteiger partial charge in [0, 0.05) is 6.42 Å². The van der Waals surface area contributed by atoms with Gasteiger partial charge in [-0.05, 0) is 68.2 Å². The molecule has 1 saturated carbocycles. The molecule has 0 N–H and O–H groups in total. The normalized spacial score (nSPS) is 22.5. The summed E-state index contributed by atoms with van der Waals surface area (Å²) in [6.45, 7) is 4.78. The van der Waals surface area contributed by atoms with Crippen molar-refractivity contribution in [2.75, 3.05) is 6.61 Å². The van der Waals surface area contributed by atoms with E-state index in [2.05, 4.69) is 13.0 Å². The highest BCUT2D eigenvalue weighted by molar-refractivity contribution is 5.27. The van der Waals surface area contributed by atoms with Crippen LogP contribution in [0.25, 0.3) is 0 Å². The van der Waals surface area contributed by atoms with E-state index in [1.165, 1.54) is 18.6 Å². The maximum absolute atomic E-state index is 12.7. The van der Waals surface area contributed by atoms with Gasteiger partial charge in [0.1, 0.15) is 0 Å². The molecule has 1 nitrogen and oxygen atoms in total. The molecule has 1 aliphatic rings. The second-order valence-corrected chi connectivity index (χ2v) is 6.57. The highest BCUT2D eigenvalue weighted by Gasteiger charge is 2.31. The van der Waals surface area contributed by atoms with Crippen LogP contribution in [0, 0.1) is 5.92 Å². The Hall–Kier alpha value is -1.45. The first-order valence-corrected chi connectivity index (χ1v) is 8.93. The topological polar surface area (TPSA) is 9.23 Å². The van der Waals surface area contributed by atoms with E-state index < -0.39 is 11.7 Å². The van der Waals surface area contributed by atoms with Gasteiger partial charge in [-0.15, -0.1) is 0 Å². The maximum atomic E-state index is 12.7. The number of alkyl halides is 3. The Morgan fingerprint density at radius 1 is 1.17 bits per heavy atom. The molecule has 1 aliphatic carbocycles. The van der Waals surface area contributed by atoms with E-state index in [-0.39, 0.29) is 0 Å². The van der Waals surface area contributed by atoms with Crippen LogP contribution in [0.5, 0.6) is 0 Å². The predicted octanol–water partition coefficient (Wildman–Crippen LogP) is 6.70. The van der Waals surface area contributed by atoms with Crippen molar-refractivity contribution in [2.24, 2.45) is 5.92 Å². The summed E-state index contributed by atoms with van der Waals surface area (Å²) < 4.78 is 43.8. The maximum Gasteiger partial charge on any atom is 0.416 e. The van der Waals surface area contributed by atoms with Gasteiger partial charge >= 0.3 is 6.18 Å². The van der Waals surface area contributed by atoms with Crippen molar-refractivity contribution in [1.82, 2.24) is 0 Å². The summed E-state index contributed by atoms with van der Waals surface area (Å²) in [5.74, 6) is 1.98. The Morgan fingerprint density at radius 3 is 2.46 bits per heavy atom. The SMILES string of the molecule is CC/C=C(\CC1CCCC(c2ccc(C(F)(F)F)cc2)C1)OCC. The number of rotatable bonds is 6. The van der Waals surface area contributed by atoms with Gasteiger partial charge in [-0.1, -0.05) is 25.5 Å². The fourth-order valence-corrected chi connectivity index (χ4v) is 3.62. The quantitative estimate of drug-likeness (QED) is 0.524. The van der Waals surface area contributed by atoms with Gasteiger partial charge < -0.3 is 4.74 Å². The summed E-state index contributed by atoms with van der Waals surface area (Å²) in [4.78, 5) is 0. The summed E-state index contributed by atoms with van der Waals surface area (Å²) in [5, 5.41) is 0. The van der Waals surface area contributed by atoms with Crippen LogP contribution in [0.15, 0.2) is 36.1 Å². The number of hydrogen-bond acceptors (Lipinski definition) is 1. The lowest BCUT2D eigenvalue weighted by Crippen LogP contribution is -2.16. The third-order valence-electron chi connectivity index (χ3n) is 4.74. The first kappa shape index (κ1) is 18.9. The zero-order chi connectivity index (χ0) is 17.6. The molecule has 0 radical (unpaired) electrons. The van der Waals surface area contributed by atoms with Gasteiger partial charge in [0.2, 0.25) is 0 Å². The Morgan fingerprint density at radius 2 is 1.88 bits per heavy atom. The van der Waals surface area contributed by atoms with Crippen molar-refractivity contribution in [3.05, 3.63) is 47.2 Å². The van der Waals surface area contributed by atoms with Crippen LogP contribution >= 0.6 is 0 Å². The van der Waals surface area contributed by atoms with Gasteiger partial charge in [0.25, 0.3) is 0 Å². The highest BCUT2D eigenvalue weighted by Crippen LogP contribution is 2.39. The molecule has 0 heterocycles. The van der Waals surface area contributed by atoms with Crippen LogP contribution in [-0.2, 0) is 10.9 Å². The molecule has 2 unspecified atom stereocenters. The molecule has 0 spiro atoms.